The van der Waals surface area contributed by atoms with Crippen LogP contribution < -0.4 is 4.90 Å². The van der Waals surface area contributed by atoms with Crippen molar-refractivity contribution in [3.8, 4) is 0 Å². The highest BCUT2D eigenvalue weighted by atomic mass is 19.1. The summed E-state index contributed by atoms with van der Waals surface area (Å²) < 4.78 is 13.5. The summed E-state index contributed by atoms with van der Waals surface area (Å²) in [5.74, 6) is -0.266. The van der Waals surface area contributed by atoms with Crippen molar-refractivity contribution in [2.45, 2.75) is 26.2 Å². The number of nitrogens with zero attached hydrogens (tertiary/aromatic N) is 1. The third kappa shape index (κ3) is 1.74. The SMILES string of the molecule is CCCCN1C(=O)Cc2cccc(F)c21. The van der Waals surface area contributed by atoms with Gasteiger partial charge in [0, 0.05) is 6.54 Å². The normalized spacial score (nSPS) is 14.5. The van der Waals surface area contributed by atoms with Gasteiger partial charge in [-0.1, -0.05) is 25.5 Å². The van der Waals surface area contributed by atoms with Gasteiger partial charge in [0.05, 0.1) is 12.1 Å². The highest BCUT2D eigenvalue weighted by Gasteiger charge is 2.29. The van der Waals surface area contributed by atoms with Crippen LogP contribution in [0.25, 0.3) is 0 Å². The Morgan fingerprint density at radius 1 is 1.47 bits per heavy atom. The molecule has 0 atom stereocenters. The molecule has 0 aromatic heterocycles. The smallest absolute Gasteiger partial charge is 0.231 e. The molecule has 1 aliphatic rings. The highest BCUT2D eigenvalue weighted by Crippen LogP contribution is 2.31. The molecular weight excluding hydrogens is 193 g/mol. The molecule has 1 amide bonds. The number of carbonyl (C=O) groups is 1. The first-order chi connectivity index (χ1) is 7.24. The van der Waals surface area contributed by atoms with Gasteiger partial charge in [-0.05, 0) is 18.1 Å². The van der Waals surface area contributed by atoms with Gasteiger partial charge in [0.25, 0.3) is 0 Å². The minimum atomic E-state index is -0.283. The second kappa shape index (κ2) is 4.01. The van der Waals surface area contributed by atoms with E-state index in [2.05, 4.69) is 6.92 Å². The van der Waals surface area contributed by atoms with Gasteiger partial charge in [-0.15, -0.1) is 0 Å². The number of rotatable bonds is 3. The quantitative estimate of drug-likeness (QED) is 0.745. The van der Waals surface area contributed by atoms with Gasteiger partial charge in [0.1, 0.15) is 5.82 Å². The van der Waals surface area contributed by atoms with Gasteiger partial charge in [-0.3, -0.25) is 4.79 Å². The Labute approximate surface area is 88.7 Å². The first-order valence-electron chi connectivity index (χ1n) is 5.31. The summed E-state index contributed by atoms with van der Waals surface area (Å²) in [7, 11) is 0. The molecule has 15 heavy (non-hydrogen) atoms. The van der Waals surface area contributed by atoms with Gasteiger partial charge in [0.15, 0.2) is 0 Å². The predicted molar refractivity (Wildman–Crippen MR) is 57.4 cm³/mol. The summed E-state index contributed by atoms with van der Waals surface area (Å²) in [5, 5.41) is 0. The molecule has 0 N–H and O–H groups in total. The van der Waals surface area contributed by atoms with Crippen molar-refractivity contribution in [3.05, 3.63) is 29.6 Å². The predicted octanol–water partition coefficient (Wildman–Crippen LogP) is 2.51. The molecule has 0 aliphatic carbocycles. The van der Waals surface area contributed by atoms with Crippen molar-refractivity contribution in [1.82, 2.24) is 0 Å². The van der Waals surface area contributed by atoms with Crippen LogP contribution >= 0.6 is 0 Å². The lowest BCUT2D eigenvalue weighted by molar-refractivity contribution is -0.117. The number of para-hydroxylation sites is 1. The van der Waals surface area contributed by atoms with Gasteiger partial charge >= 0.3 is 0 Å². The van der Waals surface area contributed by atoms with Crippen molar-refractivity contribution in [2.24, 2.45) is 0 Å². The molecule has 1 heterocycles. The van der Waals surface area contributed by atoms with E-state index in [-0.39, 0.29) is 11.7 Å². The molecule has 0 radical (unpaired) electrons. The molecule has 0 saturated carbocycles. The van der Waals surface area contributed by atoms with E-state index in [1.165, 1.54) is 6.07 Å². The summed E-state index contributed by atoms with van der Waals surface area (Å²) in [6.07, 6.45) is 2.27. The third-order valence-corrected chi connectivity index (χ3v) is 2.72. The standard InChI is InChI=1S/C12H14FNO/c1-2-3-7-14-11(15)8-9-5-4-6-10(13)12(9)14/h4-6H,2-3,7-8H2,1H3. The van der Waals surface area contributed by atoms with Gasteiger partial charge in [-0.25, -0.2) is 4.39 Å². The molecule has 3 heteroatoms. The monoisotopic (exact) mass is 207 g/mol. The largest absolute Gasteiger partial charge is 0.309 e. The van der Waals surface area contributed by atoms with E-state index in [9.17, 15) is 9.18 Å². The van der Waals surface area contributed by atoms with Crippen LogP contribution in [-0.2, 0) is 11.2 Å². The Morgan fingerprint density at radius 3 is 3.00 bits per heavy atom. The number of amides is 1. The first kappa shape index (κ1) is 10.1. The maximum atomic E-state index is 13.5. The molecule has 0 saturated heterocycles. The van der Waals surface area contributed by atoms with Gasteiger partial charge < -0.3 is 4.90 Å². The van der Waals surface area contributed by atoms with Crippen LogP contribution in [0, 0.1) is 5.82 Å². The van der Waals surface area contributed by atoms with Crippen molar-refractivity contribution < 1.29 is 9.18 Å². The molecule has 1 aliphatic heterocycles. The zero-order valence-corrected chi connectivity index (χ0v) is 8.79. The van der Waals surface area contributed by atoms with E-state index in [4.69, 9.17) is 0 Å². The fourth-order valence-electron chi connectivity index (χ4n) is 1.94. The average molecular weight is 207 g/mol. The Balaban J connectivity index is 2.31. The van der Waals surface area contributed by atoms with Gasteiger partial charge in [0.2, 0.25) is 5.91 Å². The fourth-order valence-corrected chi connectivity index (χ4v) is 1.94. The van der Waals surface area contributed by atoms with E-state index >= 15 is 0 Å². The molecule has 1 aromatic rings. The number of halogens is 1. The Morgan fingerprint density at radius 2 is 2.27 bits per heavy atom. The lowest BCUT2D eigenvalue weighted by Gasteiger charge is -2.17. The van der Waals surface area contributed by atoms with Crippen molar-refractivity contribution in [3.63, 3.8) is 0 Å². The topological polar surface area (TPSA) is 20.3 Å². The summed E-state index contributed by atoms with van der Waals surface area (Å²) in [6, 6.07) is 4.89. The number of fused-ring (bicyclic) bond motifs is 1. The minimum Gasteiger partial charge on any atom is -0.309 e. The summed E-state index contributed by atoms with van der Waals surface area (Å²) in [5.41, 5.74) is 1.31. The molecule has 0 unspecified atom stereocenters. The molecule has 80 valence electrons. The van der Waals surface area contributed by atoms with Crippen molar-refractivity contribution >= 4 is 11.6 Å². The Kier molecular flexibility index (Phi) is 2.71. The second-order valence-electron chi connectivity index (χ2n) is 3.82. The third-order valence-electron chi connectivity index (χ3n) is 2.72. The number of unbranched alkanes of at least 4 members (excludes halogenated alkanes) is 1. The van der Waals surface area contributed by atoms with Gasteiger partial charge in [-0.2, -0.15) is 0 Å². The molecule has 2 rings (SSSR count). The number of carbonyl (C=O) groups excluding carboxylic acids is 1. The summed E-state index contributed by atoms with van der Waals surface area (Å²) >= 11 is 0. The van der Waals surface area contributed by atoms with E-state index in [0.29, 0.717) is 18.7 Å². The minimum absolute atomic E-state index is 0.0172. The molecular formula is C12H14FNO. The summed E-state index contributed by atoms with van der Waals surface area (Å²) in [6.45, 7) is 2.69. The molecule has 1 aromatic carbocycles. The maximum absolute atomic E-state index is 13.5. The maximum Gasteiger partial charge on any atom is 0.231 e. The van der Waals surface area contributed by atoms with Crippen LogP contribution in [0.15, 0.2) is 18.2 Å². The molecule has 0 bridgehead atoms. The van der Waals surface area contributed by atoms with Crippen LogP contribution in [-0.4, -0.2) is 12.5 Å². The van der Waals surface area contributed by atoms with E-state index in [0.717, 1.165) is 18.4 Å². The van der Waals surface area contributed by atoms with Crippen LogP contribution in [0.1, 0.15) is 25.3 Å². The van der Waals surface area contributed by atoms with Crippen LogP contribution in [0.2, 0.25) is 0 Å². The number of anilines is 1. The Bertz CT molecular complexity index is 389. The van der Waals surface area contributed by atoms with E-state index in [1.807, 2.05) is 6.07 Å². The van der Waals surface area contributed by atoms with Crippen LogP contribution in [0.5, 0.6) is 0 Å². The molecule has 0 fully saturated rings. The first-order valence-corrected chi connectivity index (χ1v) is 5.31. The molecule has 0 spiro atoms. The number of hydrogen-bond donors (Lipinski definition) is 0. The second-order valence-corrected chi connectivity index (χ2v) is 3.82. The van der Waals surface area contributed by atoms with Crippen molar-refractivity contribution in [2.75, 3.05) is 11.4 Å². The van der Waals surface area contributed by atoms with E-state index in [1.54, 1.807) is 11.0 Å². The lowest BCUT2D eigenvalue weighted by Crippen LogP contribution is -2.28. The lowest BCUT2D eigenvalue weighted by atomic mass is 10.1. The highest BCUT2D eigenvalue weighted by molar-refractivity contribution is 6.01. The number of hydrogen-bond acceptors (Lipinski definition) is 1. The summed E-state index contributed by atoms with van der Waals surface area (Å²) in [4.78, 5) is 13.2. The zero-order chi connectivity index (χ0) is 10.8. The Hall–Kier alpha value is -1.38. The zero-order valence-electron chi connectivity index (χ0n) is 8.79. The fraction of sp³-hybridized carbons (Fsp3) is 0.417. The van der Waals surface area contributed by atoms with Crippen LogP contribution in [0.4, 0.5) is 10.1 Å². The number of benzene rings is 1. The van der Waals surface area contributed by atoms with E-state index < -0.39 is 0 Å². The van der Waals surface area contributed by atoms with Crippen molar-refractivity contribution in [1.29, 1.82) is 0 Å². The average Bonchev–Trinajstić information content (AvgIpc) is 2.53. The molecule has 2 nitrogen and oxygen atoms in total. The van der Waals surface area contributed by atoms with Crippen LogP contribution in [0.3, 0.4) is 0 Å².